The highest BCUT2D eigenvalue weighted by Crippen LogP contribution is 2.31. The molecule has 0 heterocycles. The molecule has 3 atom stereocenters. The number of ether oxygens (including phenoxy) is 1. The Labute approximate surface area is 127 Å². The van der Waals surface area contributed by atoms with Crippen molar-refractivity contribution in [2.45, 2.75) is 63.7 Å². The first kappa shape index (κ1) is 15.0. The third kappa shape index (κ3) is 4.27. The van der Waals surface area contributed by atoms with Crippen molar-refractivity contribution in [1.82, 2.24) is 5.32 Å². The molecule has 116 valence electrons. The van der Waals surface area contributed by atoms with Crippen LogP contribution >= 0.6 is 0 Å². The zero-order valence-corrected chi connectivity index (χ0v) is 12.9. The summed E-state index contributed by atoms with van der Waals surface area (Å²) in [6.45, 7) is 3.01. The van der Waals surface area contributed by atoms with Crippen molar-refractivity contribution >= 4 is 0 Å². The fraction of sp³-hybridized carbons (Fsp3) is 0.667. The van der Waals surface area contributed by atoms with E-state index in [1.165, 1.54) is 31.7 Å². The fourth-order valence-corrected chi connectivity index (χ4v) is 3.26. The van der Waals surface area contributed by atoms with Gasteiger partial charge in [-0.05, 0) is 37.7 Å². The van der Waals surface area contributed by atoms with Gasteiger partial charge in [0.25, 0.3) is 0 Å². The van der Waals surface area contributed by atoms with Crippen LogP contribution in [0, 0.1) is 11.7 Å². The lowest BCUT2D eigenvalue weighted by molar-refractivity contribution is -0.0409. The molecule has 1 N–H and O–H groups in total. The molecule has 2 aliphatic carbocycles. The van der Waals surface area contributed by atoms with E-state index >= 15 is 0 Å². The van der Waals surface area contributed by atoms with Crippen LogP contribution in [0.1, 0.15) is 57.1 Å². The molecule has 2 aliphatic rings. The molecule has 0 spiro atoms. The van der Waals surface area contributed by atoms with Crippen LogP contribution in [-0.2, 0) is 4.74 Å². The first-order valence-electron chi connectivity index (χ1n) is 8.35. The summed E-state index contributed by atoms with van der Waals surface area (Å²) in [4.78, 5) is 0. The van der Waals surface area contributed by atoms with E-state index in [2.05, 4.69) is 12.2 Å². The van der Waals surface area contributed by atoms with E-state index in [0.29, 0.717) is 11.6 Å². The van der Waals surface area contributed by atoms with E-state index in [4.69, 9.17) is 4.74 Å². The Hall–Kier alpha value is -0.930. The van der Waals surface area contributed by atoms with Gasteiger partial charge >= 0.3 is 0 Å². The maximum Gasteiger partial charge on any atom is 0.129 e. The number of hydrogen-bond acceptors (Lipinski definition) is 2. The molecule has 2 fully saturated rings. The van der Waals surface area contributed by atoms with Gasteiger partial charge in [0.2, 0.25) is 0 Å². The van der Waals surface area contributed by atoms with E-state index in [-0.39, 0.29) is 18.0 Å². The second-order valence-electron chi connectivity index (χ2n) is 6.72. The number of hydrogen-bond donors (Lipinski definition) is 1. The number of halogens is 1. The minimum absolute atomic E-state index is 0.149. The average Bonchev–Trinajstić information content (AvgIpc) is 3.28. The Morgan fingerprint density at radius 2 is 2.05 bits per heavy atom. The van der Waals surface area contributed by atoms with Gasteiger partial charge in [-0.2, -0.15) is 0 Å². The Morgan fingerprint density at radius 3 is 2.76 bits per heavy atom. The molecule has 3 heteroatoms. The molecule has 1 aromatic carbocycles. The number of rotatable bonds is 6. The van der Waals surface area contributed by atoms with E-state index in [9.17, 15) is 4.39 Å². The highest BCUT2D eigenvalue weighted by Gasteiger charge is 2.27. The van der Waals surface area contributed by atoms with Crippen LogP contribution < -0.4 is 5.32 Å². The third-order valence-corrected chi connectivity index (χ3v) is 4.67. The molecular weight excluding hydrogens is 265 g/mol. The van der Waals surface area contributed by atoms with Crippen LogP contribution in [-0.4, -0.2) is 18.7 Å². The fourth-order valence-electron chi connectivity index (χ4n) is 3.26. The average molecular weight is 291 g/mol. The highest BCUT2D eigenvalue weighted by atomic mass is 19.1. The first-order valence-corrected chi connectivity index (χ1v) is 8.35. The van der Waals surface area contributed by atoms with Crippen molar-refractivity contribution < 1.29 is 9.13 Å². The van der Waals surface area contributed by atoms with Gasteiger partial charge < -0.3 is 10.1 Å². The minimum atomic E-state index is -0.165. The Kier molecular flexibility index (Phi) is 4.91. The van der Waals surface area contributed by atoms with Gasteiger partial charge in [0.15, 0.2) is 0 Å². The molecule has 0 amide bonds. The zero-order chi connectivity index (χ0) is 14.7. The summed E-state index contributed by atoms with van der Waals surface area (Å²) in [6, 6.07) is 7.66. The van der Waals surface area contributed by atoms with Crippen molar-refractivity contribution in [3.63, 3.8) is 0 Å². The van der Waals surface area contributed by atoms with E-state index < -0.39 is 0 Å². The maximum absolute atomic E-state index is 14.1. The molecule has 2 saturated carbocycles. The second kappa shape index (κ2) is 6.89. The Bertz CT molecular complexity index is 460. The van der Waals surface area contributed by atoms with Gasteiger partial charge in [0.1, 0.15) is 5.82 Å². The lowest BCUT2D eigenvalue weighted by Crippen LogP contribution is -2.30. The third-order valence-electron chi connectivity index (χ3n) is 4.67. The molecule has 3 rings (SSSR count). The summed E-state index contributed by atoms with van der Waals surface area (Å²) in [6.07, 6.45) is 7.33. The maximum atomic E-state index is 14.1. The summed E-state index contributed by atoms with van der Waals surface area (Å²) in [7, 11) is 0. The van der Waals surface area contributed by atoms with Gasteiger partial charge in [0, 0.05) is 18.2 Å². The van der Waals surface area contributed by atoms with E-state index in [0.717, 1.165) is 25.3 Å². The van der Waals surface area contributed by atoms with E-state index in [1.54, 1.807) is 6.07 Å². The van der Waals surface area contributed by atoms with Crippen molar-refractivity contribution in [1.29, 1.82) is 0 Å². The number of nitrogens with one attached hydrogen (secondary N) is 1. The van der Waals surface area contributed by atoms with Gasteiger partial charge in [-0.25, -0.2) is 4.39 Å². The van der Waals surface area contributed by atoms with E-state index in [1.807, 2.05) is 12.1 Å². The van der Waals surface area contributed by atoms with Crippen molar-refractivity contribution in [3.8, 4) is 0 Å². The summed E-state index contributed by atoms with van der Waals surface area (Å²) < 4.78 is 20.4. The standard InChI is InChI=1S/C18H26FNO/c1-13-5-4-6-15(11-13)21-18(12-20-14-9-10-14)16-7-2-3-8-17(16)19/h2-3,7-8,13-15,18,20H,4-6,9-12H2,1H3. The predicted octanol–water partition coefficient (Wildman–Crippen LogP) is 4.21. The van der Waals surface area contributed by atoms with Gasteiger partial charge in [-0.1, -0.05) is 38.0 Å². The summed E-state index contributed by atoms with van der Waals surface area (Å²) in [5.41, 5.74) is 0.698. The zero-order valence-electron chi connectivity index (χ0n) is 12.9. The van der Waals surface area contributed by atoms with Crippen molar-refractivity contribution in [2.24, 2.45) is 5.92 Å². The number of benzene rings is 1. The lowest BCUT2D eigenvalue weighted by atomic mass is 9.88. The molecule has 0 saturated heterocycles. The monoisotopic (exact) mass is 291 g/mol. The highest BCUT2D eigenvalue weighted by molar-refractivity contribution is 5.20. The second-order valence-corrected chi connectivity index (χ2v) is 6.72. The van der Waals surface area contributed by atoms with Crippen LogP contribution in [0.3, 0.4) is 0 Å². The topological polar surface area (TPSA) is 21.3 Å². The van der Waals surface area contributed by atoms with Gasteiger partial charge in [-0.3, -0.25) is 0 Å². The molecule has 3 unspecified atom stereocenters. The molecule has 2 nitrogen and oxygen atoms in total. The van der Waals surface area contributed by atoms with Crippen molar-refractivity contribution in [3.05, 3.63) is 35.6 Å². The molecule has 1 aromatic rings. The van der Waals surface area contributed by atoms with Crippen LogP contribution in [0.15, 0.2) is 24.3 Å². The quantitative estimate of drug-likeness (QED) is 0.847. The van der Waals surface area contributed by atoms with Crippen LogP contribution in [0.25, 0.3) is 0 Å². The SMILES string of the molecule is CC1CCCC(OC(CNC2CC2)c2ccccc2F)C1. The summed E-state index contributed by atoms with van der Waals surface area (Å²) in [5.74, 6) is 0.574. The van der Waals surface area contributed by atoms with Crippen LogP contribution in [0.2, 0.25) is 0 Å². The molecule has 21 heavy (non-hydrogen) atoms. The minimum Gasteiger partial charge on any atom is -0.369 e. The summed E-state index contributed by atoms with van der Waals surface area (Å²) in [5, 5.41) is 3.49. The largest absolute Gasteiger partial charge is 0.369 e. The Morgan fingerprint density at radius 1 is 1.24 bits per heavy atom. The van der Waals surface area contributed by atoms with Crippen molar-refractivity contribution in [2.75, 3.05) is 6.54 Å². The summed E-state index contributed by atoms with van der Waals surface area (Å²) >= 11 is 0. The smallest absolute Gasteiger partial charge is 0.129 e. The first-order chi connectivity index (χ1) is 10.2. The molecule has 0 aromatic heterocycles. The molecular formula is C18H26FNO. The molecule has 0 bridgehead atoms. The van der Waals surface area contributed by atoms with Gasteiger partial charge in [0.05, 0.1) is 12.2 Å². The van der Waals surface area contributed by atoms with Crippen LogP contribution in [0.5, 0.6) is 0 Å². The predicted molar refractivity (Wildman–Crippen MR) is 82.7 cm³/mol. The molecule has 0 radical (unpaired) electrons. The Balaban J connectivity index is 1.67. The van der Waals surface area contributed by atoms with Crippen LogP contribution in [0.4, 0.5) is 4.39 Å². The van der Waals surface area contributed by atoms with Gasteiger partial charge in [-0.15, -0.1) is 0 Å². The lowest BCUT2D eigenvalue weighted by Gasteiger charge is -2.31. The normalized spacial score (nSPS) is 27.5. The molecule has 0 aliphatic heterocycles.